The predicted octanol–water partition coefficient (Wildman–Crippen LogP) is 2.11. The molecule has 0 N–H and O–H groups in total. The van der Waals surface area contributed by atoms with Crippen LogP contribution in [0.3, 0.4) is 0 Å². The van der Waals surface area contributed by atoms with Crippen LogP contribution < -0.4 is 4.90 Å². The van der Waals surface area contributed by atoms with Gasteiger partial charge in [-0.1, -0.05) is 12.1 Å². The molecular weight excluding hydrogens is 288 g/mol. The molecule has 0 bridgehead atoms. The molecule has 2 aromatic rings. The zero-order valence-corrected chi connectivity index (χ0v) is 13.1. The summed E-state index contributed by atoms with van der Waals surface area (Å²) in [5.41, 5.74) is 1.31. The smallest absolute Gasteiger partial charge is 0.228 e. The van der Waals surface area contributed by atoms with Crippen molar-refractivity contribution < 1.29 is 4.79 Å². The number of hydrogen-bond donors (Lipinski definition) is 0. The fraction of sp³-hybridized carbons (Fsp3) is 0.389. The third kappa shape index (κ3) is 2.84. The first-order valence-corrected chi connectivity index (χ1v) is 8.07. The molecule has 1 atom stereocenters. The fourth-order valence-corrected chi connectivity index (χ4v) is 3.80. The molecule has 0 unspecified atom stereocenters. The van der Waals surface area contributed by atoms with Gasteiger partial charge >= 0.3 is 0 Å². The lowest BCUT2D eigenvalue weighted by Crippen LogP contribution is -2.31. The first-order chi connectivity index (χ1) is 11.2. The minimum absolute atomic E-state index is 0.0802. The van der Waals surface area contributed by atoms with Crippen LogP contribution in [0.2, 0.25) is 0 Å². The molecule has 118 valence electrons. The summed E-state index contributed by atoms with van der Waals surface area (Å²) < 4.78 is 0. The van der Waals surface area contributed by atoms with Crippen LogP contribution in [0.25, 0.3) is 0 Å². The number of aromatic nitrogens is 2. The average Bonchev–Trinajstić information content (AvgIpc) is 3.12. The van der Waals surface area contributed by atoms with E-state index in [9.17, 15) is 4.79 Å². The lowest BCUT2D eigenvalue weighted by Gasteiger charge is -2.24. The monoisotopic (exact) mass is 308 g/mol. The fourth-order valence-electron chi connectivity index (χ4n) is 3.80. The van der Waals surface area contributed by atoms with Gasteiger partial charge in [-0.15, -0.1) is 0 Å². The number of amides is 1. The van der Waals surface area contributed by atoms with E-state index in [0.717, 1.165) is 38.4 Å². The van der Waals surface area contributed by atoms with Crippen LogP contribution in [0.4, 0.5) is 5.82 Å². The molecule has 4 heterocycles. The Bertz CT molecular complexity index is 691. The van der Waals surface area contributed by atoms with E-state index < -0.39 is 0 Å². The van der Waals surface area contributed by atoms with Gasteiger partial charge in [0.15, 0.2) is 0 Å². The van der Waals surface area contributed by atoms with Crippen molar-refractivity contribution in [3.05, 3.63) is 54.5 Å². The van der Waals surface area contributed by atoms with Crippen molar-refractivity contribution in [1.82, 2.24) is 14.9 Å². The maximum Gasteiger partial charge on any atom is 0.228 e. The number of carbonyl (C=O) groups is 1. The highest BCUT2D eigenvalue weighted by Gasteiger charge is 2.47. The minimum Gasteiger partial charge on any atom is -0.298 e. The summed E-state index contributed by atoms with van der Waals surface area (Å²) in [4.78, 5) is 25.3. The molecule has 2 fully saturated rings. The Morgan fingerprint density at radius 2 is 2.09 bits per heavy atom. The number of likely N-dealkylation sites (tertiary alicyclic amines) is 1. The van der Waals surface area contributed by atoms with Crippen LogP contribution >= 0.6 is 0 Å². The zero-order valence-electron chi connectivity index (χ0n) is 13.1. The second-order valence-corrected chi connectivity index (χ2v) is 6.67. The van der Waals surface area contributed by atoms with Crippen molar-refractivity contribution >= 4 is 11.7 Å². The van der Waals surface area contributed by atoms with Gasteiger partial charge in [0.1, 0.15) is 5.82 Å². The van der Waals surface area contributed by atoms with E-state index in [4.69, 9.17) is 0 Å². The van der Waals surface area contributed by atoms with Crippen molar-refractivity contribution in [2.45, 2.75) is 19.4 Å². The lowest BCUT2D eigenvalue weighted by atomic mass is 9.86. The molecule has 2 aliphatic heterocycles. The number of pyridine rings is 2. The molecule has 0 aromatic carbocycles. The van der Waals surface area contributed by atoms with Gasteiger partial charge in [0.2, 0.25) is 5.91 Å². The van der Waals surface area contributed by atoms with Crippen molar-refractivity contribution in [3.63, 3.8) is 0 Å². The number of carbonyl (C=O) groups excluding carboxylic acids is 1. The van der Waals surface area contributed by atoms with Gasteiger partial charge in [-0.05, 0) is 36.7 Å². The van der Waals surface area contributed by atoms with E-state index in [-0.39, 0.29) is 11.3 Å². The third-order valence-corrected chi connectivity index (χ3v) is 4.89. The van der Waals surface area contributed by atoms with Crippen molar-refractivity contribution in [2.24, 2.45) is 5.41 Å². The quantitative estimate of drug-likeness (QED) is 0.871. The summed E-state index contributed by atoms with van der Waals surface area (Å²) in [6.45, 7) is 3.70. The first kappa shape index (κ1) is 14.3. The molecule has 2 saturated heterocycles. The zero-order chi connectivity index (χ0) is 15.7. The van der Waals surface area contributed by atoms with Gasteiger partial charge < -0.3 is 0 Å². The Kier molecular flexibility index (Phi) is 3.58. The summed E-state index contributed by atoms with van der Waals surface area (Å²) >= 11 is 0. The molecular formula is C18H20N4O. The minimum atomic E-state index is 0.0802. The summed E-state index contributed by atoms with van der Waals surface area (Å²) in [6, 6.07) is 9.81. The topological polar surface area (TPSA) is 49.3 Å². The van der Waals surface area contributed by atoms with Crippen molar-refractivity contribution in [1.29, 1.82) is 0 Å². The SMILES string of the molecule is O=C1C[C@]2(CCN(Cc3cccnc3)C2)CN1c1ccccn1. The molecule has 0 radical (unpaired) electrons. The highest BCUT2D eigenvalue weighted by atomic mass is 16.2. The number of rotatable bonds is 3. The lowest BCUT2D eigenvalue weighted by molar-refractivity contribution is -0.117. The molecule has 2 aromatic heterocycles. The molecule has 4 rings (SSSR count). The van der Waals surface area contributed by atoms with Gasteiger partial charge in [0, 0.05) is 50.1 Å². The maximum absolute atomic E-state index is 12.5. The van der Waals surface area contributed by atoms with E-state index in [1.807, 2.05) is 35.4 Å². The highest BCUT2D eigenvalue weighted by Crippen LogP contribution is 2.41. The van der Waals surface area contributed by atoms with Crippen LogP contribution in [0.1, 0.15) is 18.4 Å². The van der Waals surface area contributed by atoms with Crippen molar-refractivity contribution in [2.75, 3.05) is 24.5 Å². The predicted molar refractivity (Wildman–Crippen MR) is 87.8 cm³/mol. The van der Waals surface area contributed by atoms with E-state index in [1.165, 1.54) is 5.56 Å². The van der Waals surface area contributed by atoms with Crippen LogP contribution in [0, 0.1) is 5.41 Å². The summed E-state index contributed by atoms with van der Waals surface area (Å²) in [5.74, 6) is 0.979. The van der Waals surface area contributed by atoms with Crippen LogP contribution in [0.5, 0.6) is 0 Å². The Morgan fingerprint density at radius 3 is 2.87 bits per heavy atom. The second kappa shape index (κ2) is 5.74. The largest absolute Gasteiger partial charge is 0.298 e. The van der Waals surface area contributed by atoms with Crippen LogP contribution in [0.15, 0.2) is 48.9 Å². The van der Waals surface area contributed by atoms with Crippen molar-refractivity contribution in [3.8, 4) is 0 Å². The van der Waals surface area contributed by atoms with E-state index in [1.54, 1.807) is 12.4 Å². The molecule has 2 aliphatic rings. The van der Waals surface area contributed by atoms with E-state index in [2.05, 4.69) is 20.9 Å². The number of nitrogens with zero attached hydrogens (tertiary/aromatic N) is 4. The third-order valence-electron chi connectivity index (χ3n) is 4.89. The maximum atomic E-state index is 12.5. The molecule has 0 saturated carbocycles. The molecule has 5 heteroatoms. The molecule has 5 nitrogen and oxygen atoms in total. The van der Waals surface area contributed by atoms with Crippen LogP contribution in [-0.2, 0) is 11.3 Å². The highest BCUT2D eigenvalue weighted by molar-refractivity contribution is 5.95. The van der Waals surface area contributed by atoms with Gasteiger partial charge in [0.25, 0.3) is 0 Å². The Balaban J connectivity index is 1.45. The van der Waals surface area contributed by atoms with Gasteiger partial charge in [-0.3, -0.25) is 19.6 Å². The molecule has 0 aliphatic carbocycles. The molecule has 1 amide bonds. The second-order valence-electron chi connectivity index (χ2n) is 6.67. The first-order valence-electron chi connectivity index (χ1n) is 8.07. The van der Waals surface area contributed by atoms with E-state index in [0.29, 0.717) is 6.42 Å². The molecule has 1 spiro atoms. The Labute approximate surface area is 136 Å². The van der Waals surface area contributed by atoms with Gasteiger partial charge in [-0.2, -0.15) is 0 Å². The standard InChI is InChI=1S/C18H20N4O/c23-17-10-18(14-22(17)16-5-1-2-8-20-16)6-9-21(13-18)12-15-4-3-7-19-11-15/h1-5,7-8,11H,6,9-10,12-14H2/t18-/m0/s1. The van der Waals surface area contributed by atoms with Crippen LogP contribution in [-0.4, -0.2) is 40.4 Å². The average molecular weight is 308 g/mol. The Morgan fingerprint density at radius 1 is 1.13 bits per heavy atom. The number of hydrogen-bond acceptors (Lipinski definition) is 4. The van der Waals surface area contributed by atoms with E-state index >= 15 is 0 Å². The Hall–Kier alpha value is -2.27. The summed E-state index contributed by atoms with van der Waals surface area (Å²) in [7, 11) is 0. The van der Waals surface area contributed by atoms with Gasteiger partial charge in [-0.25, -0.2) is 4.98 Å². The summed E-state index contributed by atoms with van der Waals surface area (Å²) in [6.07, 6.45) is 7.17. The normalized spacial score (nSPS) is 24.7. The summed E-state index contributed by atoms with van der Waals surface area (Å²) in [5, 5.41) is 0. The molecule has 23 heavy (non-hydrogen) atoms. The number of anilines is 1. The van der Waals surface area contributed by atoms with Gasteiger partial charge in [0.05, 0.1) is 0 Å².